The predicted octanol–water partition coefficient (Wildman–Crippen LogP) is 3.82. The standard InChI is InChI=1S/C19H16F4N4O4S/c1-11-8-13(25-18(28)16-6-7-24-27(16)2)10-15(20)17(11)32(29,30)26-12-4-3-5-14(9-12)31-19(21,22)23/h3-10,26H,1-2H3,(H,25,28). The van der Waals surface area contributed by atoms with E-state index >= 15 is 0 Å². The Bertz CT molecular complexity index is 1250. The molecule has 1 amide bonds. The first kappa shape index (κ1) is 23.1. The predicted molar refractivity (Wildman–Crippen MR) is 106 cm³/mol. The number of halogens is 4. The fraction of sp³-hybridized carbons (Fsp3) is 0.158. The van der Waals surface area contributed by atoms with Gasteiger partial charge in [-0.2, -0.15) is 5.10 Å². The highest BCUT2D eigenvalue weighted by molar-refractivity contribution is 7.92. The third-order valence-corrected chi connectivity index (χ3v) is 5.69. The number of benzene rings is 2. The van der Waals surface area contributed by atoms with E-state index in [1.165, 1.54) is 43.0 Å². The van der Waals surface area contributed by atoms with Gasteiger partial charge < -0.3 is 10.1 Å². The fourth-order valence-corrected chi connectivity index (χ4v) is 4.24. The van der Waals surface area contributed by atoms with Crippen LogP contribution < -0.4 is 14.8 Å². The number of nitrogens with zero attached hydrogens (tertiary/aromatic N) is 2. The summed E-state index contributed by atoms with van der Waals surface area (Å²) in [4.78, 5) is 11.5. The van der Waals surface area contributed by atoms with Gasteiger partial charge in [-0.1, -0.05) is 6.07 Å². The molecular weight excluding hydrogens is 456 g/mol. The van der Waals surface area contributed by atoms with Crippen molar-refractivity contribution in [2.45, 2.75) is 18.2 Å². The number of rotatable bonds is 6. The van der Waals surface area contributed by atoms with Gasteiger partial charge in [0.05, 0.1) is 5.69 Å². The summed E-state index contributed by atoms with van der Waals surface area (Å²) in [6.07, 6.45) is -3.56. The van der Waals surface area contributed by atoms with Crippen LogP contribution in [0.2, 0.25) is 0 Å². The quantitative estimate of drug-likeness (QED) is 0.531. The van der Waals surface area contributed by atoms with Crippen LogP contribution in [-0.2, 0) is 17.1 Å². The van der Waals surface area contributed by atoms with E-state index in [9.17, 15) is 30.8 Å². The molecule has 0 fully saturated rings. The Hall–Kier alpha value is -3.61. The molecule has 0 aliphatic heterocycles. The van der Waals surface area contributed by atoms with Crippen LogP contribution in [0.25, 0.3) is 0 Å². The van der Waals surface area contributed by atoms with Crippen molar-refractivity contribution in [3.05, 3.63) is 65.7 Å². The average molecular weight is 472 g/mol. The molecule has 0 aliphatic carbocycles. The molecule has 13 heteroatoms. The summed E-state index contributed by atoms with van der Waals surface area (Å²) < 4.78 is 84.3. The highest BCUT2D eigenvalue weighted by Gasteiger charge is 2.31. The summed E-state index contributed by atoms with van der Waals surface area (Å²) in [5.74, 6) is -2.40. The summed E-state index contributed by atoms with van der Waals surface area (Å²) in [6.45, 7) is 1.31. The van der Waals surface area contributed by atoms with E-state index in [0.29, 0.717) is 0 Å². The number of nitrogens with one attached hydrogen (secondary N) is 2. The van der Waals surface area contributed by atoms with Crippen molar-refractivity contribution in [1.29, 1.82) is 0 Å². The van der Waals surface area contributed by atoms with Gasteiger partial charge >= 0.3 is 6.36 Å². The zero-order chi connectivity index (χ0) is 23.7. The lowest BCUT2D eigenvalue weighted by molar-refractivity contribution is -0.274. The average Bonchev–Trinajstić information content (AvgIpc) is 3.05. The van der Waals surface area contributed by atoms with Crippen LogP contribution in [0.4, 0.5) is 28.9 Å². The number of amides is 1. The van der Waals surface area contributed by atoms with Gasteiger partial charge in [-0.25, -0.2) is 12.8 Å². The van der Waals surface area contributed by atoms with E-state index in [1.54, 1.807) is 0 Å². The summed E-state index contributed by atoms with van der Waals surface area (Å²) >= 11 is 0. The van der Waals surface area contributed by atoms with Gasteiger partial charge in [0.25, 0.3) is 15.9 Å². The topological polar surface area (TPSA) is 102 Å². The maximum Gasteiger partial charge on any atom is 0.573 e. The van der Waals surface area contributed by atoms with Gasteiger partial charge in [-0.15, -0.1) is 13.2 Å². The summed E-state index contributed by atoms with van der Waals surface area (Å²) in [5.41, 5.74) is -0.104. The molecule has 1 aromatic heterocycles. The Kier molecular flexibility index (Phi) is 6.12. The van der Waals surface area contributed by atoms with Gasteiger partial charge in [0, 0.05) is 25.0 Å². The Morgan fingerprint density at radius 1 is 1.12 bits per heavy atom. The van der Waals surface area contributed by atoms with Crippen molar-refractivity contribution in [2.75, 3.05) is 10.0 Å². The van der Waals surface area contributed by atoms with Crippen LogP contribution in [-0.4, -0.2) is 30.5 Å². The van der Waals surface area contributed by atoms with Crippen LogP contribution in [0.1, 0.15) is 16.1 Å². The SMILES string of the molecule is Cc1cc(NC(=O)c2ccnn2C)cc(F)c1S(=O)(=O)Nc1cccc(OC(F)(F)F)c1. The number of aryl methyl sites for hydroxylation is 2. The second-order valence-electron chi connectivity index (χ2n) is 6.58. The zero-order valence-electron chi connectivity index (χ0n) is 16.6. The molecule has 0 saturated carbocycles. The molecule has 3 aromatic rings. The molecule has 32 heavy (non-hydrogen) atoms. The largest absolute Gasteiger partial charge is 0.573 e. The van der Waals surface area contributed by atoms with Crippen molar-refractivity contribution in [3.8, 4) is 5.75 Å². The Morgan fingerprint density at radius 2 is 1.84 bits per heavy atom. The maximum atomic E-state index is 14.7. The molecule has 0 saturated heterocycles. The van der Waals surface area contributed by atoms with Crippen LogP contribution in [0, 0.1) is 12.7 Å². The minimum atomic E-state index is -4.96. The molecule has 3 rings (SSSR count). The molecule has 2 N–H and O–H groups in total. The third-order valence-electron chi connectivity index (χ3n) is 4.13. The van der Waals surface area contributed by atoms with E-state index in [1.807, 2.05) is 4.72 Å². The number of hydrogen-bond donors (Lipinski definition) is 2. The lowest BCUT2D eigenvalue weighted by Gasteiger charge is -2.14. The second kappa shape index (κ2) is 8.49. The first-order valence-corrected chi connectivity index (χ1v) is 10.3. The molecule has 0 aliphatic rings. The smallest absolute Gasteiger partial charge is 0.406 e. The van der Waals surface area contributed by atoms with Gasteiger partial charge in [-0.3, -0.25) is 14.2 Å². The van der Waals surface area contributed by atoms with E-state index in [0.717, 1.165) is 24.3 Å². The molecule has 170 valence electrons. The first-order valence-electron chi connectivity index (χ1n) is 8.84. The molecule has 0 radical (unpaired) electrons. The Balaban J connectivity index is 1.85. The van der Waals surface area contributed by atoms with E-state index in [4.69, 9.17) is 0 Å². The van der Waals surface area contributed by atoms with Gasteiger partial charge in [0.1, 0.15) is 22.2 Å². The van der Waals surface area contributed by atoms with Crippen LogP contribution in [0.5, 0.6) is 5.75 Å². The third kappa shape index (κ3) is 5.35. The minimum absolute atomic E-state index is 0.00530. The highest BCUT2D eigenvalue weighted by Crippen LogP contribution is 2.29. The molecule has 0 bridgehead atoms. The normalized spacial score (nSPS) is 11.8. The Labute approximate surface area is 179 Å². The number of ether oxygens (including phenoxy) is 1. The molecule has 0 atom stereocenters. The maximum absolute atomic E-state index is 14.7. The zero-order valence-corrected chi connectivity index (χ0v) is 17.4. The molecule has 8 nitrogen and oxygen atoms in total. The Morgan fingerprint density at radius 3 is 2.44 bits per heavy atom. The molecular formula is C19H16F4N4O4S. The van der Waals surface area contributed by atoms with Crippen molar-refractivity contribution in [3.63, 3.8) is 0 Å². The number of carbonyl (C=O) groups excluding carboxylic acids is 1. The number of alkyl halides is 3. The van der Waals surface area contributed by atoms with E-state index < -0.39 is 38.8 Å². The molecule has 0 spiro atoms. The van der Waals surface area contributed by atoms with Crippen molar-refractivity contribution < 1.29 is 35.5 Å². The molecule has 1 heterocycles. The van der Waals surface area contributed by atoms with E-state index in [-0.39, 0.29) is 22.6 Å². The van der Waals surface area contributed by atoms with Crippen LogP contribution in [0.15, 0.2) is 53.6 Å². The fourth-order valence-electron chi connectivity index (χ4n) is 2.90. The second-order valence-corrected chi connectivity index (χ2v) is 8.20. The number of aromatic nitrogens is 2. The number of sulfonamides is 1. The van der Waals surface area contributed by atoms with Gasteiger partial charge in [-0.05, 0) is 42.8 Å². The van der Waals surface area contributed by atoms with Crippen molar-refractivity contribution >= 4 is 27.3 Å². The number of hydrogen-bond acceptors (Lipinski definition) is 5. The van der Waals surface area contributed by atoms with Gasteiger partial charge in [0.15, 0.2) is 0 Å². The monoisotopic (exact) mass is 472 g/mol. The number of anilines is 2. The van der Waals surface area contributed by atoms with Crippen LogP contribution >= 0.6 is 0 Å². The molecule has 2 aromatic carbocycles. The summed E-state index contributed by atoms with van der Waals surface area (Å²) in [6, 6.07) is 7.61. The highest BCUT2D eigenvalue weighted by atomic mass is 32.2. The summed E-state index contributed by atoms with van der Waals surface area (Å²) in [5, 5.41) is 6.30. The molecule has 0 unspecified atom stereocenters. The lowest BCUT2D eigenvalue weighted by Crippen LogP contribution is -2.19. The first-order chi connectivity index (χ1) is 14.9. The van der Waals surface area contributed by atoms with Crippen molar-refractivity contribution in [2.24, 2.45) is 7.05 Å². The van der Waals surface area contributed by atoms with Crippen molar-refractivity contribution in [1.82, 2.24) is 9.78 Å². The van der Waals surface area contributed by atoms with Gasteiger partial charge in [0.2, 0.25) is 0 Å². The summed E-state index contributed by atoms with van der Waals surface area (Å²) in [7, 11) is -2.98. The number of carbonyl (C=O) groups is 1. The van der Waals surface area contributed by atoms with E-state index in [2.05, 4.69) is 15.2 Å². The minimum Gasteiger partial charge on any atom is -0.406 e. The van der Waals surface area contributed by atoms with Crippen LogP contribution in [0.3, 0.4) is 0 Å². The lowest BCUT2D eigenvalue weighted by atomic mass is 10.2.